The zero-order valence-electron chi connectivity index (χ0n) is 11.1. The summed E-state index contributed by atoms with van der Waals surface area (Å²) in [5.74, 6) is -2.15. The van der Waals surface area contributed by atoms with Gasteiger partial charge in [-0.3, -0.25) is 14.3 Å². The number of aliphatic carboxylic acids is 1. The lowest BCUT2D eigenvalue weighted by Crippen LogP contribution is -2.23. The first kappa shape index (κ1) is 15.4. The van der Waals surface area contributed by atoms with Gasteiger partial charge in [-0.05, 0) is 19.9 Å². The second kappa shape index (κ2) is 7.07. The van der Waals surface area contributed by atoms with E-state index in [1.165, 1.54) is 19.2 Å². The molecule has 0 aliphatic heterocycles. The Hall–Kier alpha value is -2.64. The van der Waals surface area contributed by atoms with Gasteiger partial charge in [0.1, 0.15) is 6.54 Å². The smallest absolute Gasteiger partial charge is 0.332 e. The summed E-state index contributed by atoms with van der Waals surface area (Å²) in [4.78, 5) is 33.4. The maximum atomic E-state index is 11.8. The second-order valence-electron chi connectivity index (χ2n) is 3.83. The lowest BCUT2D eigenvalue weighted by Gasteiger charge is -2.03. The predicted molar refractivity (Wildman–Crippen MR) is 67.7 cm³/mol. The summed E-state index contributed by atoms with van der Waals surface area (Å²) in [7, 11) is 0. The fourth-order valence-electron chi connectivity index (χ4n) is 1.35. The highest BCUT2D eigenvalue weighted by atomic mass is 16.5. The third-order valence-corrected chi connectivity index (χ3v) is 2.10. The van der Waals surface area contributed by atoms with Crippen LogP contribution in [-0.2, 0) is 20.9 Å². The minimum absolute atomic E-state index is 0.0582. The number of nitrogens with one attached hydrogen (secondary N) is 1. The number of aromatic nitrogens is 2. The highest BCUT2D eigenvalue weighted by Crippen LogP contribution is 1.98. The molecular weight excluding hydrogens is 266 g/mol. The monoisotopic (exact) mass is 281 g/mol. The second-order valence-corrected chi connectivity index (χ2v) is 3.83. The van der Waals surface area contributed by atoms with E-state index in [1.54, 1.807) is 6.92 Å². The Kier molecular flexibility index (Phi) is 5.45. The van der Waals surface area contributed by atoms with Crippen LogP contribution < -0.4 is 5.32 Å². The maximum absolute atomic E-state index is 11.8. The molecule has 1 heterocycles. The molecule has 108 valence electrons. The van der Waals surface area contributed by atoms with Crippen LogP contribution in [-0.4, -0.2) is 39.3 Å². The Morgan fingerprint density at radius 2 is 2.20 bits per heavy atom. The summed E-state index contributed by atoms with van der Waals surface area (Å²) in [6.07, 6.45) is 2.53. The lowest BCUT2D eigenvalue weighted by atomic mass is 10.3. The first-order chi connectivity index (χ1) is 9.42. The quantitative estimate of drug-likeness (QED) is 0.568. The van der Waals surface area contributed by atoms with Gasteiger partial charge < -0.3 is 15.2 Å². The number of esters is 1. The van der Waals surface area contributed by atoms with E-state index in [-0.39, 0.29) is 18.8 Å². The van der Waals surface area contributed by atoms with Crippen LogP contribution in [0.25, 0.3) is 0 Å². The summed E-state index contributed by atoms with van der Waals surface area (Å²) < 4.78 is 5.82. The van der Waals surface area contributed by atoms with Crippen molar-refractivity contribution in [1.82, 2.24) is 15.1 Å². The van der Waals surface area contributed by atoms with Crippen LogP contribution in [0.4, 0.5) is 0 Å². The number of amides is 1. The van der Waals surface area contributed by atoms with E-state index in [9.17, 15) is 14.4 Å². The van der Waals surface area contributed by atoms with E-state index >= 15 is 0 Å². The number of rotatable bonds is 6. The number of carbonyl (C=O) groups is 3. The maximum Gasteiger partial charge on any atom is 0.332 e. The molecule has 0 unspecified atom stereocenters. The Morgan fingerprint density at radius 3 is 2.80 bits per heavy atom. The minimum Gasteiger partial charge on any atom is -0.480 e. The highest BCUT2D eigenvalue weighted by Gasteiger charge is 2.11. The molecular formula is C12H15N3O5. The molecule has 8 nitrogen and oxygen atoms in total. The molecule has 1 aromatic rings. The lowest BCUT2D eigenvalue weighted by molar-refractivity contribution is -0.138. The van der Waals surface area contributed by atoms with Crippen LogP contribution in [0, 0.1) is 0 Å². The Bertz CT molecular complexity index is 547. The van der Waals surface area contributed by atoms with Gasteiger partial charge in [-0.2, -0.15) is 5.10 Å². The topological polar surface area (TPSA) is 111 Å². The Labute approximate surface area is 115 Å². The van der Waals surface area contributed by atoms with Gasteiger partial charge in [0.25, 0.3) is 5.91 Å². The molecule has 0 atom stereocenters. The number of carbonyl (C=O) groups excluding carboxylic acids is 2. The van der Waals surface area contributed by atoms with Gasteiger partial charge in [-0.25, -0.2) is 4.79 Å². The van der Waals surface area contributed by atoms with E-state index in [2.05, 4.69) is 10.4 Å². The van der Waals surface area contributed by atoms with Crippen LogP contribution in [0.1, 0.15) is 24.3 Å². The van der Waals surface area contributed by atoms with Crippen molar-refractivity contribution in [1.29, 1.82) is 0 Å². The van der Waals surface area contributed by atoms with Crippen LogP contribution in [0.5, 0.6) is 0 Å². The molecule has 0 saturated heterocycles. The van der Waals surface area contributed by atoms with Crippen molar-refractivity contribution in [3.05, 3.63) is 29.7 Å². The molecule has 8 heteroatoms. The van der Waals surface area contributed by atoms with Crippen molar-refractivity contribution in [2.45, 2.75) is 20.4 Å². The molecule has 1 amide bonds. The predicted octanol–water partition coefficient (Wildman–Crippen LogP) is 0.164. The van der Waals surface area contributed by atoms with Gasteiger partial charge >= 0.3 is 11.9 Å². The Balaban J connectivity index is 2.64. The van der Waals surface area contributed by atoms with Crippen LogP contribution in [0.3, 0.4) is 0 Å². The van der Waals surface area contributed by atoms with Gasteiger partial charge in [0.05, 0.1) is 6.61 Å². The number of hydrogen-bond donors (Lipinski definition) is 2. The van der Waals surface area contributed by atoms with Crippen molar-refractivity contribution < 1.29 is 24.2 Å². The molecule has 0 aromatic carbocycles. The standard InChI is InChI=1S/C12H15N3O5/c1-3-20-11(18)6-8(2)13-12(19)9-4-5-15(14-9)7-10(16)17/h4-6H,3,7H2,1-2H3,(H,13,19)(H,16,17)/b8-6+. The largest absolute Gasteiger partial charge is 0.480 e. The number of carboxylic acid groups (broad SMARTS) is 1. The van der Waals surface area contributed by atoms with Gasteiger partial charge in [-0.1, -0.05) is 0 Å². The van der Waals surface area contributed by atoms with Crippen molar-refractivity contribution in [2.24, 2.45) is 0 Å². The third kappa shape index (κ3) is 4.92. The van der Waals surface area contributed by atoms with E-state index in [0.717, 1.165) is 10.8 Å². The van der Waals surface area contributed by atoms with E-state index < -0.39 is 17.8 Å². The average molecular weight is 281 g/mol. The molecule has 0 aliphatic rings. The average Bonchev–Trinajstić information content (AvgIpc) is 2.76. The summed E-state index contributed by atoms with van der Waals surface area (Å²) in [6, 6.07) is 1.38. The molecule has 0 spiro atoms. The van der Waals surface area contributed by atoms with E-state index in [4.69, 9.17) is 9.84 Å². The molecule has 0 radical (unpaired) electrons. The van der Waals surface area contributed by atoms with E-state index in [1.807, 2.05) is 0 Å². The van der Waals surface area contributed by atoms with Gasteiger partial charge in [0, 0.05) is 18.0 Å². The summed E-state index contributed by atoms with van der Waals surface area (Å²) >= 11 is 0. The number of hydrogen-bond acceptors (Lipinski definition) is 5. The molecule has 0 aliphatic carbocycles. The minimum atomic E-state index is -1.06. The van der Waals surface area contributed by atoms with Crippen LogP contribution in [0.15, 0.2) is 24.0 Å². The number of carboxylic acids is 1. The first-order valence-corrected chi connectivity index (χ1v) is 5.84. The molecule has 0 saturated carbocycles. The van der Waals surface area contributed by atoms with Crippen molar-refractivity contribution >= 4 is 17.8 Å². The Morgan fingerprint density at radius 1 is 1.50 bits per heavy atom. The SMILES string of the molecule is CCOC(=O)/C=C(\C)NC(=O)c1ccn(CC(=O)O)n1. The van der Waals surface area contributed by atoms with Crippen molar-refractivity contribution in [3.8, 4) is 0 Å². The van der Waals surface area contributed by atoms with Gasteiger partial charge in [0.15, 0.2) is 5.69 Å². The molecule has 0 fully saturated rings. The van der Waals surface area contributed by atoms with Gasteiger partial charge in [0.2, 0.25) is 0 Å². The molecule has 0 bridgehead atoms. The normalized spacial score (nSPS) is 11.0. The summed E-state index contributed by atoms with van der Waals surface area (Å²) in [6.45, 7) is 3.12. The number of allylic oxidation sites excluding steroid dienone is 1. The zero-order valence-corrected chi connectivity index (χ0v) is 11.1. The molecule has 1 rings (SSSR count). The molecule has 2 N–H and O–H groups in total. The zero-order chi connectivity index (χ0) is 15.1. The molecule has 20 heavy (non-hydrogen) atoms. The summed E-state index contributed by atoms with van der Waals surface area (Å²) in [5.41, 5.74) is 0.365. The summed E-state index contributed by atoms with van der Waals surface area (Å²) in [5, 5.41) is 14.8. The first-order valence-electron chi connectivity index (χ1n) is 5.84. The number of ether oxygens (including phenoxy) is 1. The fourth-order valence-corrected chi connectivity index (χ4v) is 1.35. The fraction of sp³-hybridized carbons (Fsp3) is 0.333. The van der Waals surface area contributed by atoms with Crippen molar-refractivity contribution in [2.75, 3.05) is 6.61 Å². The van der Waals surface area contributed by atoms with Gasteiger partial charge in [-0.15, -0.1) is 0 Å². The highest BCUT2D eigenvalue weighted by molar-refractivity contribution is 5.94. The van der Waals surface area contributed by atoms with Crippen molar-refractivity contribution in [3.63, 3.8) is 0 Å². The molecule has 1 aromatic heterocycles. The third-order valence-electron chi connectivity index (χ3n) is 2.10. The van der Waals surface area contributed by atoms with E-state index in [0.29, 0.717) is 5.70 Å². The van der Waals surface area contributed by atoms with Crippen LogP contribution >= 0.6 is 0 Å². The number of nitrogens with zero attached hydrogens (tertiary/aromatic N) is 2. The van der Waals surface area contributed by atoms with Crippen LogP contribution in [0.2, 0.25) is 0 Å².